The van der Waals surface area contributed by atoms with Crippen LogP contribution in [0.2, 0.25) is 0 Å². The second kappa shape index (κ2) is 5.54. The average Bonchev–Trinajstić information content (AvgIpc) is 2.41. The molecule has 94 valence electrons. The molecule has 4 heteroatoms. The van der Waals surface area contributed by atoms with E-state index >= 15 is 0 Å². The quantitative estimate of drug-likeness (QED) is 0.827. The number of carbonyl (C=O) groups is 1. The number of hydrogen-bond acceptors (Lipinski definition) is 3. The van der Waals surface area contributed by atoms with Crippen LogP contribution in [0.4, 0.5) is 11.4 Å². The van der Waals surface area contributed by atoms with E-state index in [1.165, 1.54) is 0 Å². The lowest BCUT2D eigenvalue weighted by Gasteiger charge is -2.30. The van der Waals surface area contributed by atoms with Crippen LogP contribution in [-0.2, 0) is 4.79 Å². The largest absolute Gasteiger partial charge is 0.374 e. The summed E-state index contributed by atoms with van der Waals surface area (Å²) in [5.74, 6) is 0.0775. The molecule has 0 aliphatic carbocycles. The molecule has 1 amide bonds. The molecule has 1 aliphatic heterocycles. The van der Waals surface area contributed by atoms with E-state index in [1.54, 1.807) is 17.0 Å². The Morgan fingerprint density at radius 2 is 2.28 bits per heavy atom. The number of nitrogens with one attached hydrogen (secondary N) is 1. The molecule has 18 heavy (non-hydrogen) atoms. The minimum atomic E-state index is 0.0775. The summed E-state index contributed by atoms with van der Waals surface area (Å²) < 4.78 is 0. The molecule has 0 unspecified atom stereocenters. The Kier molecular flexibility index (Phi) is 3.83. The van der Waals surface area contributed by atoms with Gasteiger partial charge >= 0.3 is 0 Å². The normalized spacial score (nSPS) is 13.8. The molecule has 2 rings (SSSR count). The molecule has 1 N–H and O–H groups in total. The SMILES string of the molecule is CCCCCN1C(=O)CNc2ccc(C#N)cc21. The van der Waals surface area contributed by atoms with Crippen LogP contribution in [0.15, 0.2) is 18.2 Å². The van der Waals surface area contributed by atoms with Crippen molar-refractivity contribution in [3.63, 3.8) is 0 Å². The predicted molar refractivity (Wildman–Crippen MR) is 71.5 cm³/mol. The van der Waals surface area contributed by atoms with Crippen LogP contribution < -0.4 is 10.2 Å². The summed E-state index contributed by atoms with van der Waals surface area (Å²) in [7, 11) is 0. The van der Waals surface area contributed by atoms with Gasteiger partial charge in [0.05, 0.1) is 29.6 Å². The van der Waals surface area contributed by atoms with Gasteiger partial charge in [-0.3, -0.25) is 4.79 Å². The maximum atomic E-state index is 11.9. The van der Waals surface area contributed by atoms with Crippen molar-refractivity contribution < 1.29 is 4.79 Å². The summed E-state index contributed by atoms with van der Waals surface area (Å²) in [6.07, 6.45) is 3.24. The minimum Gasteiger partial charge on any atom is -0.374 e. The molecule has 1 aromatic rings. The number of amides is 1. The zero-order chi connectivity index (χ0) is 13.0. The Morgan fingerprint density at radius 1 is 1.44 bits per heavy atom. The van der Waals surface area contributed by atoms with Crippen LogP contribution in [-0.4, -0.2) is 19.0 Å². The van der Waals surface area contributed by atoms with Gasteiger partial charge in [0.2, 0.25) is 5.91 Å². The fourth-order valence-electron chi connectivity index (χ4n) is 2.14. The Balaban J connectivity index is 2.25. The highest BCUT2D eigenvalue weighted by Gasteiger charge is 2.23. The highest BCUT2D eigenvalue weighted by atomic mass is 16.2. The van der Waals surface area contributed by atoms with E-state index in [0.29, 0.717) is 12.1 Å². The molecule has 1 heterocycles. The molecule has 0 atom stereocenters. The number of fused-ring (bicyclic) bond motifs is 1. The van der Waals surface area contributed by atoms with Crippen molar-refractivity contribution in [1.82, 2.24) is 0 Å². The second-order valence-electron chi connectivity index (χ2n) is 4.45. The molecule has 0 bridgehead atoms. The number of carbonyl (C=O) groups excluding carboxylic acids is 1. The third-order valence-electron chi connectivity index (χ3n) is 3.13. The van der Waals surface area contributed by atoms with Crippen LogP contribution in [0.25, 0.3) is 0 Å². The Bertz CT molecular complexity index is 490. The lowest BCUT2D eigenvalue weighted by Crippen LogP contribution is -2.40. The van der Waals surface area contributed by atoms with Gasteiger partial charge in [0.25, 0.3) is 0 Å². The van der Waals surface area contributed by atoms with Crippen molar-refractivity contribution in [3.05, 3.63) is 23.8 Å². The number of nitriles is 1. The summed E-state index contributed by atoms with van der Waals surface area (Å²) in [4.78, 5) is 13.7. The van der Waals surface area contributed by atoms with E-state index in [1.807, 2.05) is 6.07 Å². The Labute approximate surface area is 107 Å². The number of nitrogens with zero attached hydrogens (tertiary/aromatic N) is 2. The Morgan fingerprint density at radius 3 is 3.00 bits per heavy atom. The van der Waals surface area contributed by atoms with Gasteiger partial charge < -0.3 is 10.2 Å². The van der Waals surface area contributed by atoms with E-state index < -0.39 is 0 Å². The van der Waals surface area contributed by atoms with Crippen molar-refractivity contribution in [2.45, 2.75) is 26.2 Å². The number of benzene rings is 1. The maximum absolute atomic E-state index is 11.9. The van der Waals surface area contributed by atoms with Gasteiger partial charge in [-0.05, 0) is 24.6 Å². The summed E-state index contributed by atoms with van der Waals surface area (Å²) in [6, 6.07) is 7.53. The first-order chi connectivity index (χ1) is 8.76. The van der Waals surface area contributed by atoms with Crippen molar-refractivity contribution in [2.24, 2.45) is 0 Å². The zero-order valence-electron chi connectivity index (χ0n) is 10.6. The highest BCUT2D eigenvalue weighted by molar-refractivity contribution is 6.02. The number of unbranched alkanes of at least 4 members (excludes halogenated alkanes) is 2. The maximum Gasteiger partial charge on any atom is 0.246 e. The summed E-state index contributed by atoms with van der Waals surface area (Å²) in [6.45, 7) is 3.21. The molecular weight excluding hydrogens is 226 g/mol. The summed E-state index contributed by atoms with van der Waals surface area (Å²) in [5, 5.41) is 12.0. The van der Waals surface area contributed by atoms with E-state index in [-0.39, 0.29) is 5.91 Å². The smallest absolute Gasteiger partial charge is 0.246 e. The first kappa shape index (κ1) is 12.4. The van der Waals surface area contributed by atoms with Gasteiger partial charge in [-0.2, -0.15) is 5.26 Å². The van der Waals surface area contributed by atoms with Crippen LogP contribution in [0.3, 0.4) is 0 Å². The van der Waals surface area contributed by atoms with Crippen LogP contribution in [0.5, 0.6) is 0 Å². The lowest BCUT2D eigenvalue weighted by atomic mass is 10.1. The van der Waals surface area contributed by atoms with Crippen molar-refractivity contribution in [3.8, 4) is 6.07 Å². The van der Waals surface area contributed by atoms with Crippen molar-refractivity contribution in [1.29, 1.82) is 5.26 Å². The van der Waals surface area contributed by atoms with E-state index in [4.69, 9.17) is 5.26 Å². The van der Waals surface area contributed by atoms with Gasteiger partial charge in [0, 0.05) is 6.54 Å². The third kappa shape index (κ3) is 2.45. The molecule has 1 aromatic carbocycles. The van der Waals surface area contributed by atoms with Gasteiger partial charge in [0.1, 0.15) is 0 Å². The van der Waals surface area contributed by atoms with Gasteiger partial charge in [0.15, 0.2) is 0 Å². The second-order valence-corrected chi connectivity index (χ2v) is 4.45. The van der Waals surface area contributed by atoms with Crippen molar-refractivity contribution >= 4 is 17.3 Å². The molecule has 0 saturated carbocycles. The lowest BCUT2D eigenvalue weighted by molar-refractivity contribution is -0.117. The van der Waals surface area contributed by atoms with E-state index in [2.05, 4.69) is 18.3 Å². The topological polar surface area (TPSA) is 56.1 Å². The molecule has 0 radical (unpaired) electrons. The fourth-order valence-corrected chi connectivity index (χ4v) is 2.14. The minimum absolute atomic E-state index is 0.0775. The molecule has 0 saturated heterocycles. The van der Waals surface area contributed by atoms with E-state index in [9.17, 15) is 4.79 Å². The van der Waals surface area contributed by atoms with Crippen LogP contribution in [0.1, 0.15) is 31.7 Å². The first-order valence-corrected chi connectivity index (χ1v) is 6.34. The van der Waals surface area contributed by atoms with Gasteiger partial charge in [-0.15, -0.1) is 0 Å². The van der Waals surface area contributed by atoms with E-state index in [0.717, 1.165) is 37.2 Å². The van der Waals surface area contributed by atoms with Crippen LogP contribution >= 0.6 is 0 Å². The average molecular weight is 243 g/mol. The Hall–Kier alpha value is -2.02. The summed E-state index contributed by atoms with van der Waals surface area (Å²) in [5.41, 5.74) is 2.36. The molecule has 0 aromatic heterocycles. The number of anilines is 2. The van der Waals surface area contributed by atoms with Crippen molar-refractivity contribution in [2.75, 3.05) is 23.3 Å². The van der Waals surface area contributed by atoms with Gasteiger partial charge in [-0.1, -0.05) is 19.8 Å². The van der Waals surface area contributed by atoms with Gasteiger partial charge in [-0.25, -0.2) is 0 Å². The standard InChI is InChI=1S/C14H17N3O/c1-2-3-4-7-17-13-8-11(9-15)5-6-12(13)16-10-14(17)18/h5-6,8,16H,2-4,7,10H2,1H3. The third-order valence-corrected chi connectivity index (χ3v) is 3.13. The monoisotopic (exact) mass is 243 g/mol. The predicted octanol–water partition coefficient (Wildman–Crippen LogP) is 2.51. The number of hydrogen-bond donors (Lipinski definition) is 1. The fraction of sp³-hybridized carbons (Fsp3) is 0.429. The van der Waals surface area contributed by atoms with Crippen LogP contribution in [0, 0.1) is 11.3 Å². The molecular formula is C14H17N3O. The molecule has 1 aliphatic rings. The highest BCUT2D eigenvalue weighted by Crippen LogP contribution is 2.30. The summed E-state index contributed by atoms with van der Waals surface area (Å²) >= 11 is 0. The molecule has 0 spiro atoms. The molecule has 0 fully saturated rings. The first-order valence-electron chi connectivity index (χ1n) is 6.34. The number of rotatable bonds is 4. The zero-order valence-corrected chi connectivity index (χ0v) is 10.6. The molecule has 4 nitrogen and oxygen atoms in total.